The summed E-state index contributed by atoms with van der Waals surface area (Å²) in [7, 11) is 1.68. The molecule has 1 rings (SSSR count). The first-order valence-electron chi connectivity index (χ1n) is 4.67. The summed E-state index contributed by atoms with van der Waals surface area (Å²) >= 11 is 11.7. The highest BCUT2D eigenvalue weighted by Crippen LogP contribution is 2.22. The summed E-state index contributed by atoms with van der Waals surface area (Å²) in [6.45, 7) is 3.56. The maximum absolute atomic E-state index is 5.95. The van der Waals surface area contributed by atoms with Gasteiger partial charge < -0.3 is 10.1 Å². The molecule has 0 fully saturated rings. The molecular formula is C10H14Cl2N2O. The number of nitrogens with one attached hydrogen (secondary N) is 1. The molecule has 1 N–H and O–H groups in total. The summed E-state index contributed by atoms with van der Waals surface area (Å²) in [5.74, 6) is 1.06. The molecule has 3 nitrogen and oxygen atoms in total. The molecule has 84 valence electrons. The van der Waals surface area contributed by atoms with Crippen molar-refractivity contribution in [2.24, 2.45) is 5.92 Å². The van der Waals surface area contributed by atoms with E-state index >= 15 is 0 Å². The third kappa shape index (κ3) is 4.24. The van der Waals surface area contributed by atoms with Crippen LogP contribution < -0.4 is 5.32 Å². The van der Waals surface area contributed by atoms with Crippen LogP contribution in [0.25, 0.3) is 0 Å². The second-order valence-electron chi connectivity index (χ2n) is 3.43. The monoisotopic (exact) mass is 248 g/mol. The van der Waals surface area contributed by atoms with E-state index in [0.29, 0.717) is 28.4 Å². The number of pyridine rings is 1. The highest BCUT2D eigenvalue weighted by atomic mass is 35.5. The average Bonchev–Trinajstić information content (AvgIpc) is 2.17. The zero-order valence-electron chi connectivity index (χ0n) is 8.76. The molecular weight excluding hydrogens is 235 g/mol. The molecule has 0 aliphatic heterocycles. The van der Waals surface area contributed by atoms with Crippen LogP contribution in [-0.4, -0.2) is 25.2 Å². The molecule has 0 aromatic carbocycles. The van der Waals surface area contributed by atoms with E-state index in [1.807, 2.05) is 0 Å². The molecule has 0 aliphatic carbocycles. The van der Waals surface area contributed by atoms with E-state index in [0.717, 1.165) is 6.54 Å². The van der Waals surface area contributed by atoms with E-state index in [2.05, 4.69) is 17.2 Å². The van der Waals surface area contributed by atoms with Gasteiger partial charge in [-0.1, -0.05) is 30.1 Å². The maximum atomic E-state index is 5.95. The molecule has 5 heteroatoms. The lowest BCUT2D eigenvalue weighted by atomic mass is 10.2. The standard InChI is InChI=1S/C10H14Cl2N2O/c1-7(6-15-2)4-13-10-9(12)3-8(11)5-14-10/h3,5,7H,4,6H2,1-2H3,(H,13,14). The van der Waals surface area contributed by atoms with E-state index in [1.54, 1.807) is 19.4 Å². The molecule has 0 bridgehead atoms. The van der Waals surface area contributed by atoms with Gasteiger partial charge in [0.2, 0.25) is 0 Å². The summed E-state index contributed by atoms with van der Waals surface area (Å²) < 4.78 is 5.03. The molecule has 1 unspecified atom stereocenters. The second kappa shape index (κ2) is 6.16. The summed E-state index contributed by atoms with van der Waals surface area (Å²) in [5, 5.41) is 4.21. The van der Waals surface area contributed by atoms with Gasteiger partial charge in [-0.15, -0.1) is 0 Å². The lowest BCUT2D eigenvalue weighted by Gasteiger charge is -2.12. The molecule has 1 aromatic heterocycles. The van der Waals surface area contributed by atoms with E-state index < -0.39 is 0 Å². The fourth-order valence-corrected chi connectivity index (χ4v) is 1.61. The lowest BCUT2D eigenvalue weighted by Crippen LogP contribution is -2.16. The number of ether oxygens (including phenoxy) is 1. The van der Waals surface area contributed by atoms with Gasteiger partial charge in [-0.25, -0.2) is 4.98 Å². The SMILES string of the molecule is COCC(C)CNc1ncc(Cl)cc1Cl. The van der Waals surface area contributed by atoms with Crippen LogP contribution in [0.5, 0.6) is 0 Å². The van der Waals surface area contributed by atoms with Crippen LogP contribution in [0.1, 0.15) is 6.92 Å². The van der Waals surface area contributed by atoms with Gasteiger partial charge in [-0.2, -0.15) is 0 Å². The lowest BCUT2D eigenvalue weighted by molar-refractivity contribution is 0.164. The fraction of sp³-hybridized carbons (Fsp3) is 0.500. The smallest absolute Gasteiger partial charge is 0.144 e. The number of aromatic nitrogens is 1. The Morgan fingerprint density at radius 2 is 2.27 bits per heavy atom. The molecule has 0 amide bonds. The fourth-order valence-electron chi connectivity index (χ4n) is 1.16. The van der Waals surface area contributed by atoms with E-state index in [4.69, 9.17) is 27.9 Å². The van der Waals surface area contributed by atoms with Crippen LogP contribution in [0, 0.1) is 5.92 Å². The molecule has 1 aromatic rings. The number of anilines is 1. The van der Waals surface area contributed by atoms with Crippen molar-refractivity contribution in [3.05, 3.63) is 22.3 Å². The van der Waals surface area contributed by atoms with Crippen molar-refractivity contribution in [1.82, 2.24) is 4.98 Å². The Balaban J connectivity index is 2.50. The summed E-state index contributed by atoms with van der Waals surface area (Å²) in [5.41, 5.74) is 0. The first kappa shape index (κ1) is 12.6. The Kier molecular flexibility index (Phi) is 5.15. The first-order chi connectivity index (χ1) is 7.13. The predicted octanol–water partition coefficient (Wildman–Crippen LogP) is 3.08. The highest BCUT2D eigenvalue weighted by molar-refractivity contribution is 6.35. The Hall–Kier alpha value is -0.510. The topological polar surface area (TPSA) is 34.1 Å². The first-order valence-corrected chi connectivity index (χ1v) is 5.43. The van der Waals surface area contributed by atoms with Crippen molar-refractivity contribution in [1.29, 1.82) is 0 Å². The van der Waals surface area contributed by atoms with Crippen molar-refractivity contribution in [2.45, 2.75) is 6.92 Å². The van der Waals surface area contributed by atoms with Gasteiger partial charge in [0.25, 0.3) is 0 Å². The summed E-state index contributed by atoms with van der Waals surface area (Å²) in [6.07, 6.45) is 1.57. The van der Waals surface area contributed by atoms with Crippen LogP contribution in [0.15, 0.2) is 12.3 Å². The van der Waals surface area contributed by atoms with E-state index in [1.165, 1.54) is 0 Å². The third-order valence-electron chi connectivity index (χ3n) is 1.88. The number of rotatable bonds is 5. The van der Waals surface area contributed by atoms with Crippen molar-refractivity contribution >= 4 is 29.0 Å². The number of nitrogens with zero attached hydrogens (tertiary/aromatic N) is 1. The molecule has 15 heavy (non-hydrogen) atoms. The quantitative estimate of drug-likeness (QED) is 0.870. The van der Waals surface area contributed by atoms with E-state index in [9.17, 15) is 0 Å². The largest absolute Gasteiger partial charge is 0.384 e. The molecule has 1 heterocycles. The molecule has 0 saturated carbocycles. The van der Waals surface area contributed by atoms with Gasteiger partial charge in [0.05, 0.1) is 16.7 Å². The van der Waals surface area contributed by atoms with Crippen LogP contribution in [0.3, 0.4) is 0 Å². The Morgan fingerprint density at radius 1 is 1.53 bits per heavy atom. The van der Waals surface area contributed by atoms with Gasteiger partial charge in [0.1, 0.15) is 5.82 Å². The summed E-state index contributed by atoms with van der Waals surface area (Å²) in [4.78, 5) is 4.09. The Morgan fingerprint density at radius 3 is 2.87 bits per heavy atom. The zero-order chi connectivity index (χ0) is 11.3. The van der Waals surface area contributed by atoms with Crippen molar-refractivity contribution in [2.75, 3.05) is 25.6 Å². The summed E-state index contributed by atoms with van der Waals surface area (Å²) in [6, 6.07) is 1.67. The molecule has 0 aliphatic rings. The van der Waals surface area contributed by atoms with Crippen LogP contribution in [0.2, 0.25) is 10.0 Å². The predicted molar refractivity (Wildman–Crippen MR) is 63.8 cm³/mol. The minimum absolute atomic E-state index is 0.406. The van der Waals surface area contributed by atoms with Crippen molar-refractivity contribution in [3.63, 3.8) is 0 Å². The zero-order valence-corrected chi connectivity index (χ0v) is 10.3. The normalized spacial score (nSPS) is 12.5. The van der Waals surface area contributed by atoms with Gasteiger partial charge in [-0.05, 0) is 12.0 Å². The van der Waals surface area contributed by atoms with Gasteiger partial charge >= 0.3 is 0 Å². The van der Waals surface area contributed by atoms with Gasteiger partial charge in [0.15, 0.2) is 0 Å². The van der Waals surface area contributed by atoms with Crippen LogP contribution >= 0.6 is 23.2 Å². The third-order valence-corrected chi connectivity index (χ3v) is 2.37. The van der Waals surface area contributed by atoms with Crippen LogP contribution in [-0.2, 0) is 4.74 Å². The van der Waals surface area contributed by atoms with Gasteiger partial charge in [-0.3, -0.25) is 0 Å². The molecule has 0 spiro atoms. The van der Waals surface area contributed by atoms with Crippen molar-refractivity contribution in [3.8, 4) is 0 Å². The molecule has 0 radical (unpaired) electrons. The molecule has 1 atom stereocenters. The maximum Gasteiger partial charge on any atom is 0.144 e. The van der Waals surface area contributed by atoms with E-state index in [-0.39, 0.29) is 0 Å². The van der Waals surface area contributed by atoms with Gasteiger partial charge in [0, 0.05) is 19.9 Å². The number of halogens is 2. The molecule has 0 saturated heterocycles. The number of methoxy groups -OCH3 is 1. The second-order valence-corrected chi connectivity index (χ2v) is 4.27. The minimum atomic E-state index is 0.406. The van der Waals surface area contributed by atoms with Crippen molar-refractivity contribution < 1.29 is 4.74 Å². The average molecular weight is 249 g/mol. The number of hydrogen-bond acceptors (Lipinski definition) is 3. The highest BCUT2D eigenvalue weighted by Gasteiger charge is 2.05. The Labute approximate surface area is 99.7 Å². The minimum Gasteiger partial charge on any atom is -0.384 e. The Bertz CT molecular complexity index is 320. The number of hydrogen-bond donors (Lipinski definition) is 1. The van der Waals surface area contributed by atoms with Crippen LogP contribution in [0.4, 0.5) is 5.82 Å².